The molecule has 0 saturated carbocycles. The van der Waals surface area contributed by atoms with E-state index in [1.807, 2.05) is 25.4 Å². The van der Waals surface area contributed by atoms with Crippen LogP contribution in [0, 0.1) is 13.8 Å². The summed E-state index contributed by atoms with van der Waals surface area (Å²) in [4.78, 5) is 5.43. The lowest BCUT2D eigenvalue weighted by Gasteiger charge is -2.11. The highest BCUT2D eigenvalue weighted by molar-refractivity contribution is 7.09. The molecule has 21 heavy (non-hydrogen) atoms. The highest BCUT2D eigenvalue weighted by Crippen LogP contribution is 2.12. The van der Waals surface area contributed by atoms with Crippen LogP contribution in [0.1, 0.15) is 22.0 Å². The Balaban J connectivity index is 1.53. The van der Waals surface area contributed by atoms with Crippen LogP contribution in [0.15, 0.2) is 16.1 Å². The van der Waals surface area contributed by atoms with Gasteiger partial charge in [-0.3, -0.25) is 0 Å². The standard InChI is InChI=1S/C14H21N3O3S/c1-10-5-13(20-17-10)7-15-6-12(18)8-19-4-3-14-11(2)16-9-21-14/h5,9,12,15,18H,3-4,6-8H2,1-2H3. The van der Waals surface area contributed by atoms with Crippen LogP contribution in [0.2, 0.25) is 0 Å². The van der Waals surface area contributed by atoms with E-state index >= 15 is 0 Å². The van der Waals surface area contributed by atoms with Gasteiger partial charge < -0.3 is 19.7 Å². The lowest BCUT2D eigenvalue weighted by atomic mass is 10.3. The van der Waals surface area contributed by atoms with E-state index < -0.39 is 6.10 Å². The van der Waals surface area contributed by atoms with Crippen LogP contribution >= 0.6 is 11.3 Å². The third-order valence-electron chi connectivity index (χ3n) is 2.98. The van der Waals surface area contributed by atoms with E-state index in [2.05, 4.69) is 15.5 Å². The lowest BCUT2D eigenvalue weighted by Crippen LogP contribution is -2.30. The first-order valence-electron chi connectivity index (χ1n) is 6.93. The molecule has 1 unspecified atom stereocenters. The van der Waals surface area contributed by atoms with E-state index in [4.69, 9.17) is 9.26 Å². The van der Waals surface area contributed by atoms with Gasteiger partial charge in [-0.25, -0.2) is 4.98 Å². The van der Waals surface area contributed by atoms with Crippen LogP contribution < -0.4 is 5.32 Å². The fourth-order valence-corrected chi connectivity index (χ4v) is 2.63. The van der Waals surface area contributed by atoms with Gasteiger partial charge in [-0.05, 0) is 13.8 Å². The summed E-state index contributed by atoms with van der Waals surface area (Å²) in [5.74, 6) is 0.765. The molecular weight excluding hydrogens is 290 g/mol. The normalized spacial score (nSPS) is 12.7. The molecule has 0 bridgehead atoms. The van der Waals surface area contributed by atoms with Crippen molar-refractivity contribution >= 4 is 11.3 Å². The number of aryl methyl sites for hydroxylation is 2. The molecule has 2 N–H and O–H groups in total. The summed E-state index contributed by atoms with van der Waals surface area (Å²) in [6, 6.07) is 1.87. The summed E-state index contributed by atoms with van der Waals surface area (Å²) in [6.07, 6.45) is 0.310. The SMILES string of the molecule is Cc1cc(CNCC(O)COCCc2scnc2C)on1. The Morgan fingerprint density at radius 3 is 3.00 bits per heavy atom. The average molecular weight is 311 g/mol. The maximum Gasteiger partial charge on any atom is 0.150 e. The van der Waals surface area contributed by atoms with Gasteiger partial charge >= 0.3 is 0 Å². The van der Waals surface area contributed by atoms with Gasteiger partial charge in [0.25, 0.3) is 0 Å². The molecular formula is C14H21N3O3S. The van der Waals surface area contributed by atoms with Crippen molar-refractivity contribution in [1.82, 2.24) is 15.5 Å². The lowest BCUT2D eigenvalue weighted by molar-refractivity contribution is 0.0381. The number of hydrogen-bond donors (Lipinski definition) is 2. The maximum absolute atomic E-state index is 9.80. The van der Waals surface area contributed by atoms with Crippen molar-refractivity contribution in [2.45, 2.75) is 32.9 Å². The van der Waals surface area contributed by atoms with Crippen LogP contribution in [0.3, 0.4) is 0 Å². The van der Waals surface area contributed by atoms with Gasteiger partial charge in [0.05, 0.1) is 42.8 Å². The Kier molecular flexibility index (Phi) is 6.31. The van der Waals surface area contributed by atoms with Gasteiger partial charge in [0.1, 0.15) is 0 Å². The molecule has 2 heterocycles. The van der Waals surface area contributed by atoms with Gasteiger partial charge in [-0.2, -0.15) is 0 Å². The smallest absolute Gasteiger partial charge is 0.150 e. The second kappa shape index (κ2) is 8.23. The quantitative estimate of drug-likeness (QED) is 0.682. The molecule has 1 atom stereocenters. The molecule has 0 amide bonds. The van der Waals surface area contributed by atoms with Crippen molar-refractivity contribution in [3.63, 3.8) is 0 Å². The van der Waals surface area contributed by atoms with Gasteiger partial charge in [-0.15, -0.1) is 11.3 Å². The zero-order valence-corrected chi connectivity index (χ0v) is 13.2. The molecule has 0 saturated heterocycles. The van der Waals surface area contributed by atoms with Crippen LogP contribution in [-0.4, -0.2) is 41.1 Å². The second-order valence-corrected chi connectivity index (χ2v) is 5.84. The number of aromatic nitrogens is 2. The molecule has 6 nitrogen and oxygen atoms in total. The number of ether oxygens (including phenoxy) is 1. The Labute approximate surface area is 128 Å². The fraction of sp³-hybridized carbons (Fsp3) is 0.571. The van der Waals surface area contributed by atoms with Crippen molar-refractivity contribution < 1.29 is 14.4 Å². The van der Waals surface area contributed by atoms with E-state index in [1.54, 1.807) is 11.3 Å². The Bertz CT molecular complexity index is 541. The third kappa shape index (κ3) is 5.55. The van der Waals surface area contributed by atoms with Crippen molar-refractivity contribution in [3.8, 4) is 0 Å². The minimum absolute atomic E-state index is 0.320. The third-order valence-corrected chi connectivity index (χ3v) is 3.98. The molecule has 0 aromatic carbocycles. The summed E-state index contributed by atoms with van der Waals surface area (Å²) in [5.41, 5.74) is 3.76. The van der Waals surface area contributed by atoms with Crippen molar-refractivity contribution in [3.05, 3.63) is 33.6 Å². The predicted molar refractivity (Wildman–Crippen MR) is 80.3 cm³/mol. The first kappa shape index (κ1) is 16.1. The van der Waals surface area contributed by atoms with E-state index in [1.165, 1.54) is 4.88 Å². The van der Waals surface area contributed by atoms with E-state index in [-0.39, 0.29) is 0 Å². The molecule has 0 radical (unpaired) electrons. The zero-order valence-electron chi connectivity index (χ0n) is 12.3. The van der Waals surface area contributed by atoms with Gasteiger partial charge in [0, 0.05) is 23.9 Å². The van der Waals surface area contributed by atoms with Crippen LogP contribution in [0.25, 0.3) is 0 Å². The summed E-state index contributed by atoms with van der Waals surface area (Å²) < 4.78 is 10.6. The molecule has 2 aromatic rings. The fourth-order valence-electron chi connectivity index (χ4n) is 1.87. The van der Waals surface area contributed by atoms with Gasteiger partial charge in [0.2, 0.25) is 0 Å². The van der Waals surface area contributed by atoms with Gasteiger partial charge in [-0.1, -0.05) is 5.16 Å². The Morgan fingerprint density at radius 1 is 1.48 bits per heavy atom. The van der Waals surface area contributed by atoms with E-state index in [9.17, 15) is 5.11 Å². The molecule has 0 fully saturated rings. The molecule has 116 valence electrons. The summed E-state index contributed by atoms with van der Waals surface area (Å²) in [6.45, 7) is 5.80. The average Bonchev–Trinajstić information content (AvgIpc) is 3.04. The number of nitrogens with one attached hydrogen (secondary N) is 1. The Morgan fingerprint density at radius 2 is 2.33 bits per heavy atom. The highest BCUT2D eigenvalue weighted by atomic mass is 32.1. The number of aliphatic hydroxyl groups is 1. The minimum Gasteiger partial charge on any atom is -0.389 e. The van der Waals surface area contributed by atoms with Crippen LogP contribution in [-0.2, 0) is 17.7 Å². The maximum atomic E-state index is 9.80. The summed E-state index contributed by atoms with van der Waals surface area (Å²) in [5, 5.41) is 16.7. The summed E-state index contributed by atoms with van der Waals surface area (Å²) >= 11 is 1.64. The molecule has 2 rings (SSSR count). The van der Waals surface area contributed by atoms with Crippen LogP contribution in [0.4, 0.5) is 0 Å². The first-order valence-corrected chi connectivity index (χ1v) is 7.81. The molecule has 0 aliphatic carbocycles. The number of thiazole rings is 1. The summed E-state index contributed by atoms with van der Waals surface area (Å²) in [7, 11) is 0. The number of hydrogen-bond acceptors (Lipinski definition) is 7. The molecule has 0 aliphatic heterocycles. The topological polar surface area (TPSA) is 80.4 Å². The second-order valence-electron chi connectivity index (χ2n) is 4.91. The monoisotopic (exact) mass is 311 g/mol. The van der Waals surface area contributed by atoms with E-state index in [0.29, 0.717) is 26.3 Å². The molecule has 7 heteroatoms. The first-order chi connectivity index (χ1) is 10.1. The molecule has 0 spiro atoms. The van der Waals surface area contributed by atoms with Crippen molar-refractivity contribution in [2.24, 2.45) is 0 Å². The van der Waals surface area contributed by atoms with Gasteiger partial charge in [0.15, 0.2) is 5.76 Å². The van der Waals surface area contributed by atoms with Crippen molar-refractivity contribution in [1.29, 1.82) is 0 Å². The zero-order chi connectivity index (χ0) is 15.1. The molecule has 0 aliphatic rings. The predicted octanol–water partition coefficient (Wildman–Crippen LogP) is 1.46. The number of nitrogens with zero attached hydrogens (tertiary/aromatic N) is 2. The van der Waals surface area contributed by atoms with E-state index in [0.717, 1.165) is 23.6 Å². The molecule has 2 aromatic heterocycles. The van der Waals surface area contributed by atoms with Crippen LogP contribution in [0.5, 0.6) is 0 Å². The minimum atomic E-state index is -0.531. The van der Waals surface area contributed by atoms with Crippen molar-refractivity contribution in [2.75, 3.05) is 19.8 Å². The Hall–Kier alpha value is -1.28. The largest absolute Gasteiger partial charge is 0.389 e. The number of rotatable bonds is 9. The number of aliphatic hydroxyl groups excluding tert-OH is 1. The highest BCUT2D eigenvalue weighted by Gasteiger charge is 2.06.